The molecule has 0 saturated carbocycles. The standard InChI is InChI=1S/C10H11BrO2/c1-8(12)13-10(7-11)9-5-3-2-4-6-9/h2-6,10H,7H2,1H3/t10-/m1/s1. The van der Waals surface area contributed by atoms with Gasteiger partial charge in [0.1, 0.15) is 6.10 Å². The summed E-state index contributed by atoms with van der Waals surface area (Å²) in [6.45, 7) is 1.42. The van der Waals surface area contributed by atoms with Gasteiger partial charge in [0.2, 0.25) is 0 Å². The minimum atomic E-state index is -0.256. The lowest BCUT2D eigenvalue weighted by Crippen LogP contribution is -2.09. The molecule has 70 valence electrons. The molecule has 0 aliphatic rings. The molecular formula is C10H11BrO2. The van der Waals surface area contributed by atoms with Crippen molar-refractivity contribution >= 4 is 21.9 Å². The van der Waals surface area contributed by atoms with Crippen molar-refractivity contribution in [1.82, 2.24) is 0 Å². The van der Waals surface area contributed by atoms with Crippen LogP contribution < -0.4 is 0 Å². The van der Waals surface area contributed by atoms with E-state index in [9.17, 15) is 4.79 Å². The van der Waals surface area contributed by atoms with E-state index in [1.165, 1.54) is 6.92 Å². The molecule has 3 heteroatoms. The van der Waals surface area contributed by atoms with Crippen molar-refractivity contribution < 1.29 is 9.53 Å². The summed E-state index contributed by atoms with van der Waals surface area (Å²) in [6.07, 6.45) is -0.182. The third-order valence-corrected chi connectivity index (χ3v) is 2.21. The second kappa shape index (κ2) is 5.02. The average Bonchev–Trinajstić information content (AvgIpc) is 2.15. The Morgan fingerprint density at radius 3 is 2.54 bits per heavy atom. The summed E-state index contributed by atoms with van der Waals surface area (Å²) in [4.78, 5) is 10.7. The minimum absolute atomic E-state index is 0.182. The van der Waals surface area contributed by atoms with Crippen LogP contribution in [0.5, 0.6) is 0 Å². The predicted molar refractivity (Wildman–Crippen MR) is 54.7 cm³/mol. The van der Waals surface area contributed by atoms with Crippen LogP contribution in [0.15, 0.2) is 30.3 Å². The van der Waals surface area contributed by atoms with Gasteiger partial charge in [0.25, 0.3) is 0 Å². The van der Waals surface area contributed by atoms with Gasteiger partial charge in [-0.2, -0.15) is 0 Å². The first-order valence-corrected chi connectivity index (χ1v) is 5.14. The van der Waals surface area contributed by atoms with Crippen LogP contribution >= 0.6 is 15.9 Å². The number of rotatable bonds is 3. The van der Waals surface area contributed by atoms with Gasteiger partial charge in [-0.15, -0.1) is 0 Å². The molecule has 0 N–H and O–H groups in total. The highest BCUT2D eigenvalue weighted by Gasteiger charge is 2.11. The van der Waals surface area contributed by atoms with E-state index in [0.29, 0.717) is 5.33 Å². The van der Waals surface area contributed by atoms with Gasteiger partial charge in [-0.1, -0.05) is 46.3 Å². The number of hydrogen-bond donors (Lipinski definition) is 0. The molecule has 0 heterocycles. The van der Waals surface area contributed by atoms with Crippen LogP contribution in [-0.2, 0) is 9.53 Å². The van der Waals surface area contributed by atoms with Crippen LogP contribution in [0.1, 0.15) is 18.6 Å². The maximum atomic E-state index is 10.7. The molecule has 1 rings (SSSR count). The lowest BCUT2D eigenvalue weighted by Gasteiger charge is -2.13. The zero-order valence-corrected chi connectivity index (χ0v) is 8.95. The summed E-state index contributed by atoms with van der Waals surface area (Å²) in [5, 5.41) is 0.622. The Kier molecular flexibility index (Phi) is 3.96. The molecule has 0 fully saturated rings. The van der Waals surface area contributed by atoms with E-state index in [-0.39, 0.29) is 12.1 Å². The van der Waals surface area contributed by atoms with Gasteiger partial charge >= 0.3 is 5.97 Å². The molecule has 0 aliphatic carbocycles. The third-order valence-electron chi connectivity index (χ3n) is 1.62. The fourth-order valence-corrected chi connectivity index (χ4v) is 1.56. The van der Waals surface area contributed by atoms with Gasteiger partial charge in [-0.05, 0) is 5.56 Å². The number of esters is 1. The molecule has 2 nitrogen and oxygen atoms in total. The molecule has 0 unspecified atom stereocenters. The van der Waals surface area contributed by atoms with Crippen molar-refractivity contribution in [3.8, 4) is 0 Å². The second-order valence-electron chi connectivity index (χ2n) is 2.66. The fourth-order valence-electron chi connectivity index (χ4n) is 1.06. The average molecular weight is 243 g/mol. The van der Waals surface area contributed by atoms with Crippen LogP contribution in [0.2, 0.25) is 0 Å². The van der Waals surface area contributed by atoms with E-state index >= 15 is 0 Å². The molecule has 0 bridgehead atoms. The Hall–Kier alpha value is -0.830. The summed E-state index contributed by atoms with van der Waals surface area (Å²) in [7, 11) is 0. The molecule has 13 heavy (non-hydrogen) atoms. The highest BCUT2D eigenvalue weighted by molar-refractivity contribution is 9.09. The second-order valence-corrected chi connectivity index (χ2v) is 3.31. The number of ether oxygens (including phenoxy) is 1. The molecule has 0 spiro atoms. The first-order valence-electron chi connectivity index (χ1n) is 4.02. The summed E-state index contributed by atoms with van der Waals surface area (Å²) in [5.74, 6) is -0.256. The molecular weight excluding hydrogens is 232 g/mol. The minimum Gasteiger partial charge on any atom is -0.457 e. The molecule has 0 saturated heterocycles. The van der Waals surface area contributed by atoms with Gasteiger partial charge < -0.3 is 4.74 Å². The van der Waals surface area contributed by atoms with Gasteiger partial charge in [-0.3, -0.25) is 4.79 Å². The number of halogens is 1. The van der Waals surface area contributed by atoms with E-state index < -0.39 is 0 Å². The van der Waals surface area contributed by atoms with Crippen molar-refractivity contribution in [1.29, 1.82) is 0 Å². The summed E-state index contributed by atoms with van der Waals surface area (Å²) < 4.78 is 5.10. The van der Waals surface area contributed by atoms with Crippen molar-refractivity contribution in [2.75, 3.05) is 5.33 Å². The Morgan fingerprint density at radius 1 is 1.46 bits per heavy atom. The number of alkyl halides is 1. The number of carbonyl (C=O) groups is 1. The van der Waals surface area contributed by atoms with Crippen molar-refractivity contribution in [3.05, 3.63) is 35.9 Å². The van der Waals surface area contributed by atoms with Crippen LogP contribution in [0.3, 0.4) is 0 Å². The Bertz CT molecular complexity index is 272. The van der Waals surface area contributed by atoms with Crippen molar-refractivity contribution in [2.45, 2.75) is 13.0 Å². The molecule has 0 radical (unpaired) electrons. The summed E-state index contributed by atoms with van der Waals surface area (Å²) in [5.41, 5.74) is 1.01. The van der Waals surface area contributed by atoms with E-state index in [0.717, 1.165) is 5.56 Å². The van der Waals surface area contributed by atoms with Crippen LogP contribution in [0.25, 0.3) is 0 Å². The van der Waals surface area contributed by atoms with E-state index in [2.05, 4.69) is 15.9 Å². The Morgan fingerprint density at radius 2 is 2.08 bits per heavy atom. The highest BCUT2D eigenvalue weighted by Crippen LogP contribution is 2.19. The number of carbonyl (C=O) groups excluding carboxylic acids is 1. The lowest BCUT2D eigenvalue weighted by atomic mass is 10.1. The molecule has 1 aromatic carbocycles. The quantitative estimate of drug-likeness (QED) is 0.602. The SMILES string of the molecule is CC(=O)O[C@H](CBr)c1ccccc1. The molecule has 0 aliphatic heterocycles. The maximum absolute atomic E-state index is 10.7. The monoisotopic (exact) mass is 242 g/mol. The van der Waals surface area contributed by atoms with Crippen LogP contribution in [0, 0.1) is 0 Å². The lowest BCUT2D eigenvalue weighted by molar-refractivity contribution is -0.145. The third kappa shape index (κ3) is 3.19. The summed E-state index contributed by atoms with van der Waals surface area (Å²) in [6, 6.07) is 9.66. The molecule has 0 aromatic heterocycles. The van der Waals surface area contributed by atoms with E-state index in [1.807, 2.05) is 30.3 Å². The largest absolute Gasteiger partial charge is 0.457 e. The number of hydrogen-bond acceptors (Lipinski definition) is 2. The smallest absolute Gasteiger partial charge is 0.303 e. The first kappa shape index (κ1) is 10.3. The fraction of sp³-hybridized carbons (Fsp3) is 0.300. The van der Waals surface area contributed by atoms with Crippen molar-refractivity contribution in [2.24, 2.45) is 0 Å². The predicted octanol–water partition coefficient (Wildman–Crippen LogP) is 2.69. The van der Waals surface area contributed by atoms with Gasteiger partial charge in [0, 0.05) is 12.3 Å². The number of benzene rings is 1. The van der Waals surface area contributed by atoms with Gasteiger partial charge in [0.05, 0.1) is 0 Å². The zero-order chi connectivity index (χ0) is 9.68. The molecule has 1 aromatic rings. The van der Waals surface area contributed by atoms with Gasteiger partial charge in [-0.25, -0.2) is 0 Å². The van der Waals surface area contributed by atoms with Crippen LogP contribution in [0.4, 0.5) is 0 Å². The highest BCUT2D eigenvalue weighted by atomic mass is 79.9. The van der Waals surface area contributed by atoms with Gasteiger partial charge in [0.15, 0.2) is 0 Å². The maximum Gasteiger partial charge on any atom is 0.303 e. The normalized spacial score (nSPS) is 12.2. The van der Waals surface area contributed by atoms with E-state index in [1.54, 1.807) is 0 Å². The molecule has 1 atom stereocenters. The van der Waals surface area contributed by atoms with Crippen molar-refractivity contribution in [3.63, 3.8) is 0 Å². The Balaban J connectivity index is 2.73. The molecule has 0 amide bonds. The topological polar surface area (TPSA) is 26.3 Å². The Labute approximate surface area is 86.0 Å². The van der Waals surface area contributed by atoms with Crippen LogP contribution in [-0.4, -0.2) is 11.3 Å². The zero-order valence-electron chi connectivity index (χ0n) is 7.37. The summed E-state index contributed by atoms with van der Waals surface area (Å²) >= 11 is 3.30. The van der Waals surface area contributed by atoms with E-state index in [4.69, 9.17) is 4.74 Å². The first-order chi connectivity index (χ1) is 6.24.